The zero-order valence-electron chi connectivity index (χ0n) is 14.6. The average molecular weight is 402 g/mol. The molecule has 2 saturated carbocycles. The Morgan fingerprint density at radius 1 is 1.30 bits per heavy atom. The first-order chi connectivity index (χ1) is 12.7. The van der Waals surface area contributed by atoms with E-state index in [4.69, 9.17) is 11.6 Å². The van der Waals surface area contributed by atoms with Crippen LogP contribution in [0.25, 0.3) is 0 Å². The molecule has 0 amide bonds. The Morgan fingerprint density at radius 3 is 2.63 bits per heavy atom. The van der Waals surface area contributed by atoms with Gasteiger partial charge in [-0.2, -0.15) is 18.3 Å². The van der Waals surface area contributed by atoms with Gasteiger partial charge in [0.15, 0.2) is 5.15 Å². The van der Waals surface area contributed by atoms with Crippen molar-refractivity contribution in [1.82, 2.24) is 19.7 Å². The van der Waals surface area contributed by atoms with Crippen LogP contribution in [-0.2, 0) is 6.18 Å². The van der Waals surface area contributed by atoms with Crippen LogP contribution in [0.1, 0.15) is 62.2 Å². The third-order valence-electron chi connectivity index (χ3n) is 5.24. The summed E-state index contributed by atoms with van der Waals surface area (Å²) < 4.78 is 41.0. The Balaban J connectivity index is 1.61. The molecule has 2 aliphatic rings. The molecule has 6 nitrogen and oxygen atoms in total. The van der Waals surface area contributed by atoms with E-state index in [1.165, 1.54) is 6.20 Å². The number of nitrogens with one attached hydrogen (secondary N) is 1. The third-order valence-corrected chi connectivity index (χ3v) is 5.62. The molecule has 2 aromatic rings. The lowest BCUT2D eigenvalue weighted by molar-refractivity contribution is -0.138. The maximum atomic E-state index is 13.1. The Kier molecular flexibility index (Phi) is 4.34. The molecule has 2 aliphatic carbocycles. The molecule has 2 aromatic heterocycles. The van der Waals surface area contributed by atoms with Gasteiger partial charge in [0, 0.05) is 12.1 Å². The number of hydrogen-bond acceptors (Lipinski definition) is 5. The lowest BCUT2D eigenvalue weighted by Gasteiger charge is -2.26. The molecule has 0 bridgehead atoms. The molecule has 2 fully saturated rings. The van der Waals surface area contributed by atoms with E-state index in [0.29, 0.717) is 24.9 Å². The van der Waals surface area contributed by atoms with Crippen LogP contribution in [0.2, 0.25) is 5.15 Å². The number of alkyl halides is 3. The smallest absolute Gasteiger partial charge is 0.388 e. The molecular weight excluding hydrogens is 383 g/mol. The van der Waals surface area contributed by atoms with E-state index in [1.807, 2.05) is 0 Å². The quantitative estimate of drug-likeness (QED) is 0.792. The van der Waals surface area contributed by atoms with Crippen molar-refractivity contribution in [2.45, 2.75) is 62.8 Å². The van der Waals surface area contributed by atoms with Gasteiger partial charge in [0.25, 0.3) is 0 Å². The first-order valence-electron chi connectivity index (χ1n) is 8.83. The summed E-state index contributed by atoms with van der Waals surface area (Å²) in [4.78, 5) is 7.89. The fraction of sp³-hybridized carbons (Fsp3) is 0.588. The second-order valence-corrected chi connectivity index (χ2v) is 7.81. The predicted octanol–water partition coefficient (Wildman–Crippen LogP) is 4.44. The van der Waals surface area contributed by atoms with Gasteiger partial charge in [0.2, 0.25) is 5.95 Å². The molecule has 2 N–H and O–H groups in total. The molecule has 1 unspecified atom stereocenters. The molecule has 0 spiro atoms. The Morgan fingerprint density at radius 2 is 2.04 bits per heavy atom. The molecule has 146 valence electrons. The van der Waals surface area contributed by atoms with Gasteiger partial charge in [-0.25, -0.2) is 14.6 Å². The summed E-state index contributed by atoms with van der Waals surface area (Å²) >= 11 is 6.39. The fourth-order valence-corrected chi connectivity index (χ4v) is 3.88. The van der Waals surface area contributed by atoms with Crippen molar-refractivity contribution < 1.29 is 18.3 Å². The minimum absolute atomic E-state index is 0.0160. The number of aliphatic hydroxyl groups is 1. The average Bonchev–Trinajstić information content (AvgIpc) is 3.29. The molecule has 4 rings (SSSR count). The van der Waals surface area contributed by atoms with Crippen LogP contribution >= 0.6 is 11.6 Å². The first kappa shape index (κ1) is 18.5. The van der Waals surface area contributed by atoms with Gasteiger partial charge in [-0.3, -0.25) is 0 Å². The predicted molar refractivity (Wildman–Crippen MR) is 93.0 cm³/mol. The number of aromatic nitrogens is 4. The first-order valence-corrected chi connectivity index (χ1v) is 9.21. The number of halogens is 4. The molecule has 0 aliphatic heterocycles. The van der Waals surface area contributed by atoms with Crippen molar-refractivity contribution in [2.75, 3.05) is 5.32 Å². The Labute approximate surface area is 158 Å². The van der Waals surface area contributed by atoms with E-state index in [1.54, 1.807) is 11.6 Å². The fourth-order valence-electron chi connectivity index (χ4n) is 3.63. The topological polar surface area (TPSA) is 75.9 Å². The highest BCUT2D eigenvalue weighted by atomic mass is 35.5. The third kappa shape index (κ3) is 3.50. The van der Waals surface area contributed by atoms with Crippen LogP contribution in [0.3, 0.4) is 0 Å². The molecule has 0 radical (unpaired) electrons. The molecular formula is C17H19ClF3N5O. The number of hydrogen-bond donors (Lipinski definition) is 2. The minimum atomic E-state index is -4.48. The van der Waals surface area contributed by atoms with Crippen molar-refractivity contribution in [1.29, 1.82) is 0 Å². The van der Waals surface area contributed by atoms with Crippen molar-refractivity contribution >= 4 is 23.2 Å². The van der Waals surface area contributed by atoms with Crippen LogP contribution < -0.4 is 5.32 Å². The highest BCUT2D eigenvalue weighted by molar-refractivity contribution is 6.32. The zero-order chi connectivity index (χ0) is 19.4. The maximum Gasteiger partial charge on any atom is 0.419 e. The molecule has 2 heterocycles. The second kappa shape index (κ2) is 6.34. The van der Waals surface area contributed by atoms with E-state index in [9.17, 15) is 18.3 Å². The van der Waals surface area contributed by atoms with Crippen LogP contribution in [0.5, 0.6) is 0 Å². The monoisotopic (exact) mass is 401 g/mol. The lowest BCUT2D eigenvalue weighted by atomic mass is 10.0. The summed E-state index contributed by atoms with van der Waals surface area (Å²) in [7, 11) is 0. The molecule has 0 aromatic carbocycles. The van der Waals surface area contributed by atoms with E-state index < -0.39 is 17.3 Å². The summed E-state index contributed by atoms with van der Waals surface area (Å²) in [5.74, 6) is -0.138. The largest absolute Gasteiger partial charge is 0.419 e. The molecule has 2 atom stereocenters. The Bertz CT molecular complexity index is 863. The second-order valence-electron chi connectivity index (χ2n) is 7.45. The number of nitrogens with zero attached hydrogens (tertiary/aromatic N) is 4. The van der Waals surface area contributed by atoms with Crippen LogP contribution in [0.4, 0.5) is 24.8 Å². The van der Waals surface area contributed by atoms with Crippen LogP contribution in [0.15, 0.2) is 12.4 Å². The standard InChI is InChI=1S/C17H19ClF3N5O/c1-16(27)6-2-3-12(16)26-14(18)11(8-23-26)24-15-22-7-10(17(19,20)21)13(25-15)9-4-5-9/h7-9,12,27H,2-6H2,1H3,(H,22,24,25)/t12?,16-/m1/s1. The van der Waals surface area contributed by atoms with Gasteiger partial charge in [0.1, 0.15) is 0 Å². The highest BCUT2D eigenvalue weighted by Crippen LogP contribution is 2.45. The minimum Gasteiger partial charge on any atom is -0.388 e. The van der Waals surface area contributed by atoms with Crippen LogP contribution in [0, 0.1) is 0 Å². The van der Waals surface area contributed by atoms with Crippen molar-refractivity contribution in [2.24, 2.45) is 0 Å². The summed E-state index contributed by atoms with van der Waals surface area (Å²) in [6, 6.07) is -0.254. The van der Waals surface area contributed by atoms with Crippen molar-refractivity contribution in [3.05, 3.63) is 28.8 Å². The highest BCUT2D eigenvalue weighted by Gasteiger charge is 2.41. The summed E-state index contributed by atoms with van der Waals surface area (Å²) in [6.07, 6.45) is 1.44. The van der Waals surface area contributed by atoms with E-state index in [-0.39, 0.29) is 28.8 Å². The number of rotatable bonds is 4. The van der Waals surface area contributed by atoms with E-state index in [0.717, 1.165) is 19.0 Å². The molecule has 0 saturated heterocycles. The number of anilines is 2. The van der Waals surface area contributed by atoms with Crippen LogP contribution in [-0.4, -0.2) is 30.5 Å². The van der Waals surface area contributed by atoms with Gasteiger partial charge in [-0.1, -0.05) is 11.6 Å². The maximum absolute atomic E-state index is 13.1. The van der Waals surface area contributed by atoms with Gasteiger partial charge in [0.05, 0.1) is 34.8 Å². The molecule has 27 heavy (non-hydrogen) atoms. The summed E-state index contributed by atoms with van der Waals surface area (Å²) in [6.45, 7) is 1.75. The van der Waals surface area contributed by atoms with Gasteiger partial charge in [-0.05, 0) is 39.0 Å². The van der Waals surface area contributed by atoms with E-state index in [2.05, 4.69) is 20.4 Å². The summed E-state index contributed by atoms with van der Waals surface area (Å²) in [5.41, 5.74) is -1.29. The van der Waals surface area contributed by atoms with Gasteiger partial charge >= 0.3 is 6.18 Å². The lowest BCUT2D eigenvalue weighted by Crippen LogP contribution is -2.31. The zero-order valence-corrected chi connectivity index (χ0v) is 15.3. The normalized spacial score (nSPS) is 25.8. The molecule has 10 heteroatoms. The van der Waals surface area contributed by atoms with Crippen molar-refractivity contribution in [3.63, 3.8) is 0 Å². The van der Waals surface area contributed by atoms with Gasteiger partial charge < -0.3 is 10.4 Å². The van der Waals surface area contributed by atoms with E-state index >= 15 is 0 Å². The SMILES string of the molecule is C[C@@]1(O)CCCC1n1ncc(Nc2ncc(C(F)(F)F)c(C3CC3)n2)c1Cl. The van der Waals surface area contributed by atoms with Crippen molar-refractivity contribution in [3.8, 4) is 0 Å². The summed E-state index contributed by atoms with van der Waals surface area (Å²) in [5, 5.41) is 17.8. The Hall–Kier alpha value is -1.87. The van der Waals surface area contributed by atoms with Gasteiger partial charge in [-0.15, -0.1) is 0 Å².